The van der Waals surface area contributed by atoms with Crippen LogP contribution >= 0.6 is 46.6 Å². The Morgan fingerprint density at radius 2 is 1.54 bits per heavy atom. The second-order valence-electron chi connectivity index (χ2n) is 10.3. The van der Waals surface area contributed by atoms with E-state index in [-0.39, 0.29) is 16.3 Å². The molecule has 0 saturated carbocycles. The lowest BCUT2D eigenvalue weighted by molar-refractivity contribution is -0.153. The third-order valence-corrected chi connectivity index (χ3v) is 9.62. The molecule has 2 aliphatic rings. The summed E-state index contributed by atoms with van der Waals surface area (Å²) in [5, 5.41) is 1.32. The number of hydrogen-bond donors (Lipinski definition) is 3. The molecule has 0 aromatic heterocycles. The molecule has 254 valence electrons. The summed E-state index contributed by atoms with van der Waals surface area (Å²) in [6, 6.07) is 23.4. The average molecular weight is 757 g/mol. The molecule has 3 aromatic carbocycles. The van der Waals surface area contributed by atoms with Gasteiger partial charge < -0.3 is 15.2 Å². The molecule has 0 spiro atoms. The Labute approximate surface area is 295 Å². The Morgan fingerprint density at radius 3 is 2.04 bits per heavy atom. The van der Waals surface area contributed by atoms with Crippen LogP contribution in [0.1, 0.15) is 22.8 Å². The molecule has 0 unspecified atom stereocenters. The molecule has 4 N–H and O–H groups in total. The molecule has 1 saturated heterocycles. The highest BCUT2D eigenvalue weighted by molar-refractivity contribution is 8.00. The van der Waals surface area contributed by atoms with Gasteiger partial charge in [0.05, 0.1) is 4.90 Å². The molecule has 12 nitrogen and oxygen atoms in total. The van der Waals surface area contributed by atoms with Gasteiger partial charge >= 0.3 is 12.1 Å². The largest absolute Gasteiger partial charge is 0.448 e. The van der Waals surface area contributed by atoms with Crippen LogP contribution in [0.3, 0.4) is 0 Å². The molecule has 0 bridgehead atoms. The number of β-lactam (4-membered cyclic amide) rings is 1. The predicted octanol–water partition coefficient (Wildman–Crippen LogP) is 4.68. The van der Waals surface area contributed by atoms with Crippen molar-refractivity contribution >= 4 is 80.6 Å². The number of fused-ring (bicyclic) bond motifs is 1. The number of rotatable bonds is 7. The monoisotopic (exact) mass is 755 g/mol. The maximum atomic E-state index is 13.6. The molecule has 3 amide bonds. The van der Waals surface area contributed by atoms with Gasteiger partial charge in [0.25, 0.3) is 19.8 Å². The Morgan fingerprint density at radius 1 is 1.00 bits per heavy atom. The van der Waals surface area contributed by atoms with Crippen molar-refractivity contribution in [2.24, 2.45) is 5.73 Å². The average Bonchev–Trinajstić information content (AvgIpc) is 3.05. The van der Waals surface area contributed by atoms with E-state index in [0.717, 1.165) is 16.7 Å². The highest BCUT2D eigenvalue weighted by Gasteiger charge is 2.52. The number of carbonyl (C=O) groups is 4. The van der Waals surface area contributed by atoms with Crippen LogP contribution in [-0.4, -0.2) is 69.3 Å². The first-order chi connectivity index (χ1) is 22.6. The summed E-state index contributed by atoms with van der Waals surface area (Å²) in [7, 11) is -4.02. The molecule has 0 aliphatic carbocycles. The SMILES string of the molecule is Cc1ccc(S(=O)(=O)O)cc1.N[C@@H]1C(=O)N2C(C(=O)OC(c3ccccc3)c3ccccc3)=C(COC(=O)NC(=O)C(Cl)(Cl)Cl)CS[C@H]12. The lowest BCUT2D eigenvalue weighted by atomic mass is 10.0. The molecule has 0 radical (unpaired) electrons. The van der Waals surface area contributed by atoms with Gasteiger partial charge in [-0.25, -0.2) is 9.59 Å². The number of imide groups is 1. The van der Waals surface area contributed by atoms with Crippen molar-refractivity contribution in [1.82, 2.24) is 10.2 Å². The van der Waals surface area contributed by atoms with Crippen molar-refractivity contribution in [3.8, 4) is 0 Å². The number of nitrogens with one attached hydrogen (secondary N) is 1. The van der Waals surface area contributed by atoms with Crippen LogP contribution in [0.15, 0.2) is 101 Å². The summed E-state index contributed by atoms with van der Waals surface area (Å²) in [4.78, 5) is 51.1. The van der Waals surface area contributed by atoms with E-state index in [1.54, 1.807) is 17.4 Å². The number of esters is 1. The van der Waals surface area contributed by atoms with Crippen molar-refractivity contribution in [3.63, 3.8) is 0 Å². The zero-order chi connectivity index (χ0) is 35.2. The number of ether oxygens (including phenoxy) is 2. The van der Waals surface area contributed by atoms with Crippen LogP contribution in [0.2, 0.25) is 0 Å². The Bertz CT molecular complexity index is 1770. The van der Waals surface area contributed by atoms with Crippen LogP contribution in [-0.2, 0) is 34.0 Å². The number of benzene rings is 3. The highest BCUT2D eigenvalue weighted by Crippen LogP contribution is 2.41. The van der Waals surface area contributed by atoms with Crippen molar-refractivity contribution in [3.05, 3.63) is 113 Å². The normalized spacial score (nSPS) is 17.4. The Balaban J connectivity index is 0.000000401. The lowest BCUT2D eigenvalue weighted by Crippen LogP contribution is -2.68. The second-order valence-corrected chi connectivity index (χ2v) is 15.1. The molecule has 2 atom stereocenters. The van der Waals surface area contributed by atoms with Crippen molar-refractivity contribution < 1.29 is 41.6 Å². The number of thioether (sulfide) groups is 1. The summed E-state index contributed by atoms with van der Waals surface area (Å²) in [5.41, 5.74) is 8.56. The third-order valence-electron chi connectivity index (χ3n) is 6.88. The van der Waals surface area contributed by atoms with Gasteiger partial charge in [0, 0.05) is 11.3 Å². The maximum absolute atomic E-state index is 13.6. The van der Waals surface area contributed by atoms with Gasteiger partial charge in [-0.2, -0.15) is 8.42 Å². The van der Waals surface area contributed by atoms with Crippen molar-refractivity contribution in [1.29, 1.82) is 0 Å². The van der Waals surface area contributed by atoms with E-state index in [1.807, 2.05) is 67.6 Å². The van der Waals surface area contributed by atoms with Crippen LogP contribution in [0.4, 0.5) is 4.79 Å². The number of aryl methyl sites for hydroxylation is 1. The van der Waals surface area contributed by atoms with Crippen LogP contribution in [0.25, 0.3) is 0 Å². The molecule has 48 heavy (non-hydrogen) atoms. The minimum absolute atomic E-state index is 0.0622. The number of alkyl carbamates (subject to hydrolysis) is 1. The fraction of sp³-hybridized carbons (Fsp3) is 0.226. The minimum Gasteiger partial charge on any atom is -0.448 e. The van der Waals surface area contributed by atoms with Crippen molar-refractivity contribution in [2.45, 2.75) is 33.1 Å². The summed E-state index contributed by atoms with van der Waals surface area (Å²) in [6.07, 6.45) is -1.96. The fourth-order valence-corrected chi connectivity index (χ4v) is 6.38. The fourth-order valence-electron chi connectivity index (χ4n) is 4.49. The number of nitrogens with zero attached hydrogens (tertiary/aromatic N) is 1. The molecule has 2 aliphatic heterocycles. The first-order valence-corrected chi connectivity index (χ1v) is 17.5. The lowest BCUT2D eigenvalue weighted by Gasteiger charge is -2.48. The van der Waals surface area contributed by atoms with E-state index >= 15 is 0 Å². The number of halogens is 3. The Hall–Kier alpha value is -3.63. The minimum atomic E-state index is -4.02. The van der Waals surface area contributed by atoms with E-state index in [9.17, 15) is 27.6 Å². The standard InChI is InChI=1S/C24H20Cl3N3O6S.C7H8O3S/c25-24(26,27)22(33)29-23(34)35-11-15-12-37-20-16(28)19(31)30(20)17(15)21(32)36-18(13-7-3-1-4-8-13)14-9-5-2-6-10-14;1-6-2-4-7(5-3-6)11(8,9)10/h1-10,16,18,20H,11-12,28H2,(H,29,33,34);2-5H,1H3,(H,8,9,10)/t16-,20-;/m1./s1. The zero-order valence-corrected chi connectivity index (χ0v) is 28.8. The van der Waals surface area contributed by atoms with Gasteiger partial charge in [0.15, 0.2) is 6.10 Å². The van der Waals surface area contributed by atoms with Gasteiger partial charge in [-0.15, -0.1) is 11.8 Å². The number of carbonyl (C=O) groups excluding carboxylic acids is 4. The van der Waals surface area contributed by atoms with Gasteiger partial charge in [-0.05, 0) is 30.2 Å². The van der Waals surface area contributed by atoms with Crippen LogP contribution in [0, 0.1) is 6.92 Å². The van der Waals surface area contributed by atoms with Gasteiger partial charge in [0.2, 0.25) is 5.91 Å². The Kier molecular flexibility index (Phi) is 12.2. The number of nitrogens with two attached hydrogens (primary N) is 1. The molecular formula is C31H28Cl3N3O9S2. The molecule has 3 aromatic rings. The first-order valence-electron chi connectivity index (χ1n) is 13.9. The van der Waals surface area contributed by atoms with E-state index in [4.69, 9.17) is 54.6 Å². The maximum Gasteiger partial charge on any atom is 0.414 e. The number of amides is 3. The van der Waals surface area contributed by atoms with Gasteiger partial charge in [-0.1, -0.05) is 113 Å². The van der Waals surface area contributed by atoms with Gasteiger partial charge in [0.1, 0.15) is 23.7 Å². The topological polar surface area (TPSA) is 182 Å². The molecule has 5 rings (SSSR count). The van der Waals surface area contributed by atoms with Crippen LogP contribution in [0.5, 0.6) is 0 Å². The van der Waals surface area contributed by atoms with Crippen molar-refractivity contribution in [2.75, 3.05) is 12.4 Å². The van der Waals surface area contributed by atoms with E-state index in [2.05, 4.69) is 0 Å². The number of hydrogen-bond acceptors (Lipinski definition) is 10. The smallest absolute Gasteiger partial charge is 0.414 e. The molecule has 2 heterocycles. The second kappa shape index (κ2) is 15.7. The summed E-state index contributed by atoms with van der Waals surface area (Å²) < 4.78 is 38.2. The first kappa shape index (κ1) is 37.2. The highest BCUT2D eigenvalue weighted by atomic mass is 35.6. The van der Waals surface area contributed by atoms with E-state index in [1.165, 1.54) is 28.8 Å². The zero-order valence-electron chi connectivity index (χ0n) is 24.9. The summed E-state index contributed by atoms with van der Waals surface area (Å²) in [6.45, 7) is 1.41. The molecule has 1 fully saturated rings. The third kappa shape index (κ3) is 9.29. The van der Waals surface area contributed by atoms with E-state index in [0.29, 0.717) is 5.57 Å². The quantitative estimate of drug-likeness (QED) is 0.132. The molecular weight excluding hydrogens is 729 g/mol. The summed E-state index contributed by atoms with van der Waals surface area (Å²) >= 11 is 17.6. The number of alkyl halides is 3. The van der Waals surface area contributed by atoms with Gasteiger partial charge in [-0.3, -0.25) is 24.4 Å². The molecule has 17 heteroatoms. The summed E-state index contributed by atoms with van der Waals surface area (Å²) in [5.74, 6) is -2.24. The van der Waals surface area contributed by atoms with E-state index < -0.39 is 61.9 Å². The van der Waals surface area contributed by atoms with Crippen LogP contribution < -0.4 is 11.1 Å². The predicted molar refractivity (Wildman–Crippen MR) is 180 cm³/mol.